The van der Waals surface area contributed by atoms with Crippen LogP contribution in [0.5, 0.6) is 0 Å². The smallest absolute Gasteiger partial charge is 0.262 e. The Labute approximate surface area is 176 Å². The number of hydrogen-bond donors (Lipinski definition) is 2. The summed E-state index contributed by atoms with van der Waals surface area (Å²) in [4.78, 5) is 25.6. The quantitative estimate of drug-likeness (QED) is 0.486. The van der Waals surface area contributed by atoms with Crippen molar-refractivity contribution in [3.05, 3.63) is 70.4 Å². The van der Waals surface area contributed by atoms with Crippen LogP contribution in [0.1, 0.15) is 59.9 Å². The van der Waals surface area contributed by atoms with E-state index < -0.39 is 0 Å². The van der Waals surface area contributed by atoms with Crippen LogP contribution in [-0.2, 0) is 23.1 Å². The Kier molecular flexibility index (Phi) is 5.02. The van der Waals surface area contributed by atoms with Crippen LogP contribution in [0.15, 0.2) is 42.5 Å². The zero-order valence-corrected chi connectivity index (χ0v) is 18.0. The number of fused-ring (bicyclic) bond motifs is 3. The number of carbonyl (C=O) groups excluding carboxylic acids is 2. The second kappa shape index (κ2) is 7.40. The third-order valence-electron chi connectivity index (χ3n) is 6.21. The van der Waals surface area contributed by atoms with Crippen LogP contribution >= 0.6 is 0 Å². The van der Waals surface area contributed by atoms with Crippen molar-refractivity contribution in [1.82, 2.24) is 10.0 Å². The van der Waals surface area contributed by atoms with Gasteiger partial charge in [-0.15, -0.1) is 0 Å². The van der Waals surface area contributed by atoms with E-state index in [1.807, 2.05) is 41.8 Å². The van der Waals surface area contributed by atoms with Crippen molar-refractivity contribution in [3.8, 4) is 0 Å². The van der Waals surface area contributed by atoms with Gasteiger partial charge >= 0.3 is 0 Å². The first-order chi connectivity index (χ1) is 14.2. The second-order valence-corrected chi connectivity index (χ2v) is 9.33. The fraction of sp³-hybridized carbons (Fsp3) is 0.360. The Balaban J connectivity index is 1.91. The maximum absolute atomic E-state index is 13.5. The summed E-state index contributed by atoms with van der Waals surface area (Å²) in [6, 6.07) is 13.9. The Morgan fingerprint density at radius 2 is 1.80 bits per heavy atom. The first kappa shape index (κ1) is 20.4. The summed E-state index contributed by atoms with van der Waals surface area (Å²) in [5.74, 6) is -0.706. The molecular formula is C25H28N2O3. The lowest BCUT2D eigenvalue weighted by Gasteiger charge is -2.22. The maximum Gasteiger partial charge on any atom is 0.262 e. The van der Waals surface area contributed by atoms with E-state index in [1.54, 1.807) is 5.48 Å². The van der Waals surface area contributed by atoms with E-state index in [0.29, 0.717) is 24.8 Å². The number of aromatic nitrogens is 1. The molecule has 0 saturated carbocycles. The summed E-state index contributed by atoms with van der Waals surface area (Å²) in [6.45, 7) is 8.49. The largest absolute Gasteiger partial charge is 0.289 e. The molecule has 0 radical (unpaired) electrons. The first-order valence-corrected chi connectivity index (χ1v) is 10.4. The van der Waals surface area contributed by atoms with Gasteiger partial charge in [-0.25, -0.2) is 5.48 Å². The number of benzene rings is 2. The average molecular weight is 405 g/mol. The van der Waals surface area contributed by atoms with E-state index in [1.165, 1.54) is 5.56 Å². The molecule has 0 spiro atoms. The SMILES string of the molecule is Cc1ccc(C(=O)n2c3c(c4cc(C(C)(C)C)ccc42)CC(C(=O)NO)CC3)cc1. The maximum atomic E-state index is 13.5. The van der Waals surface area contributed by atoms with Crippen LogP contribution in [0.3, 0.4) is 0 Å². The molecule has 3 aromatic rings. The van der Waals surface area contributed by atoms with Gasteiger partial charge in [0.25, 0.3) is 5.91 Å². The van der Waals surface area contributed by atoms with Crippen LogP contribution < -0.4 is 5.48 Å². The minimum absolute atomic E-state index is 0.0271. The fourth-order valence-electron chi connectivity index (χ4n) is 4.40. The van der Waals surface area contributed by atoms with Crippen molar-refractivity contribution < 1.29 is 14.8 Å². The molecule has 4 rings (SSSR count). The number of aryl methyl sites for hydroxylation is 1. The minimum Gasteiger partial charge on any atom is -0.289 e. The third kappa shape index (κ3) is 3.43. The van der Waals surface area contributed by atoms with Gasteiger partial charge in [-0.2, -0.15) is 0 Å². The molecule has 0 bridgehead atoms. The minimum atomic E-state index is -0.363. The normalized spacial score (nSPS) is 16.4. The number of carbonyl (C=O) groups is 2. The van der Waals surface area contributed by atoms with Crippen LogP contribution in [0, 0.1) is 12.8 Å². The average Bonchev–Trinajstić information content (AvgIpc) is 3.05. The van der Waals surface area contributed by atoms with E-state index in [0.717, 1.165) is 27.7 Å². The van der Waals surface area contributed by atoms with Gasteiger partial charge in [0.05, 0.1) is 5.52 Å². The molecule has 1 aliphatic rings. The van der Waals surface area contributed by atoms with Crippen molar-refractivity contribution in [1.29, 1.82) is 0 Å². The summed E-state index contributed by atoms with van der Waals surface area (Å²) in [5, 5.41) is 10.1. The molecule has 0 aliphatic heterocycles. The zero-order chi connectivity index (χ0) is 21.6. The Morgan fingerprint density at radius 1 is 1.10 bits per heavy atom. The number of nitrogens with zero attached hydrogens (tertiary/aromatic N) is 1. The second-order valence-electron chi connectivity index (χ2n) is 9.33. The molecule has 1 amide bonds. The highest BCUT2D eigenvalue weighted by molar-refractivity contribution is 6.04. The van der Waals surface area contributed by atoms with E-state index in [-0.39, 0.29) is 23.1 Å². The topological polar surface area (TPSA) is 71.3 Å². The highest BCUT2D eigenvalue weighted by Gasteiger charge is 2.31. The Hall–Kier alpha value is -2.92. The number of hydrogen-bond acceptors (Lipinski definition) is 3. The van der Waals surface area contributed by atoms with Crippen LogP contribution in [-0.4, -0.2) is 21.6 Å². The molecule has 156 valence electrons. The lowest BCUT2D eigenvalue weighted by Crippen LogP contribution is -2.32. The van der Waals surface area contributed by atoms with Crippen LogP contribution in [0.2, 0.25) is 0 Å². The lowest BCUT2D eigenvalue weighted by atomic mass is 9.83. The predicted octanol–water partition coefficient (Wildman–Crippen LogP) is 4.55. The summed E-state index contributed by atoms with van der Waals surface area (Å²) >= 11 is 0. The van der Waals surface area contributed by atoms with Gasteiger partial charge in [-0.1, -0.05) is 44.5 Å². The van der Waals surface area contributed by atoms with Gasteiger partial charge in [0.2, 0.25) is 5.91 Å². The number of hydroxylamine groups is 1. The first-order valence-electron chi connectivity index (χ1n) is 10.4. The molecule has 1 aromatic heterocycles. The van der Waals surface area contributed by atoms with E-state index >= 15 is 0 Å². The molecule has 0 fully saturated rings. The van der Waals surface area contributed by atoms with Gasteiger partial charge in [0, 0.05) is 22.6 Å². The number of amides is 1. The fourth-order valence-corrected chi connectivity index (χ4v) is 4.40. The number of nitrogens with one attached hydrogen (secondary N) is 1. The molecule has 1 unspecified atom stereocenters. The molecule has 5 heteroatoms. The van der Waals surface area contributed by atoms with Crippen molar-refractivity contribution in [2.45, 2.75) is 52.4 Å². The molecule has 1 heterocycles. The summed E-state index contributed by atoms with van der Waals surface area (Å²) in [7, 11) is 0. The van der Waals surface area contributed by atoms with Crippen molar-refractivity contribution >= 4 is 22.7 Å². The Bertz CT molecular complexity index is 1130. The van der Waals surface area contributed by atoms with Crippen molar-refractivity contribution in [2.24, 2.45) is 5.92 Å². The molecule has 30 heavy (non-hydrogen) atoms. The molecule has 5 nitrogen and oxygen atoms in total. The molecule has 1 aliphatic carbocycles. The summed E-state index contributed by atoms with van der Waals surface area (Å²) < 4.78 is 1.83. The van der Waals surface area contributed by atoms with Crippen molar-refractivity contribution in [3.63, 3.8) is 0 Å². The summed E-state index contributed by atoms with van der Waals surface area (Å²) in [6.07, 6.45) is 1.73. The molecular weight excluding hydrogens is 376 g/mol. The monoisotopic (exact) mass is 404 g/mol. The zero-order valence-electron chi connectivity index (χ0n) is 18.0. The van der Waals surface area contributed by atoms with E-state index in [2.05, 4.69) is 32.9 Å². The van der Waals surface area contributed by atoms with Crippen LogP contribution in [0.25, 0.3) is 10.9 Å². The van der Waals surface area contributed by atoms with Crippen LogP contribution in [0.4, 0.5) is 0 Å². The van der Waals surface area contributed by atoms with Gasteiger partial charge in [-0.3, -0.25) is 19.4 Å². The number of rotatable bonds is 2. The molecule has 0 saturated heterocycles. The standard InChI is InChI=1S/C25H28N2O3/c1-15-5-7-16(8-6-15)24(29)27-21-11-9-17(23(28)26-30)13-19(21)20-14-18(25(2,3)4)10-12-22(20)27/h5-8,10,12,14,17,30H,9,11,13H2,1-4H3,(H,26,28). The van der Waals surface area contributed by atoms with E-state index in [4.69, 9.17) is 5.21 Å². The molecule has 1 atom stereocenters. The Morgan fingerprint density at radius 3 is 2.43 bits per heavy atom. The van der Waals surface area contributed by atoms with Gasteiger partial charge in [0.15, 0.2) is 0 Å². The van der Waals surface area contributed by atoms with Gasteiger partial charge in [-0.05, 0) is 67.0 Å². The van der Waals surface area contributed by atoms with Gasteiger partial charge < -0.3 is 0 Å². The molecule has 2 aromatic carbocycles. The van der Waals surface area contributed by atoms with E-state index in [9.17, 15) is 9.59 Å². The van der Waals surface area contributed by atoms with Crippen molar-refractivity contribution in [2.75, 3.05) is 0 Å². The highest BCUT2D eigenvalue weighted by atomic mass is 16.5. The summed E-state index contributed by atoms with van der Waals surface area (Å²) in [5.41, 5.74) is 7.61. The highest BCUT2D eigenvalue weighted by Crippen LogP contribution is 2.37. The predicted molar refractivity (Wildman–Crippen MR) is 117 cm³/mol. The molecule has 2 N–H and O–H groups in total. The lowest BCUT2D eigenvalue weighted by molar-refractivity contribution is -0.133. The third-order valence-corrected chi connectivity index (χ3v) is 6.21. The van der Waals surface area contributed by atoms with Gasteiger partial charge in [0.1, 0.15) is 0 Å².